The maximum atomic E-state index is 13.7. The van der Waals surface area contributed by atoms with Crippen LogP contribution in [0.2, 0.25) is 20.1 Å². The molecule has 2 amide bonds. The number of hydrogen-bond donors (Lipinski definition) is 1. The molecule has 9 heteroatoms. The van der Waals surface area contributed by atoms with Crippen molar-refractivity contribution in [3.05, 3.63) is 104 Å². The third-order valence-electron chi connectivity index (χ3n) is 5.54. The predicted octanol–water partition coefficient (Wildman–Crippen LogP) is 7.70. The van der Waals surface area contributed by atoms with Crippen LogP contribution in [0.5, 0.6) is 0 Å². The molecule has 0 saturated heterocycles. The van der Waals surface area contributed by atoms with Gasteiger partial charge in [-0.05, 0) is 54.8 Å². The van der Waals surface area contributed by atoms with E-state index in [1.165, 1.54) is 11.8 Å². The third-order valence-corrected chi connectivity index (χ3v) is 7.85. The Labute approximate surface area is 242 Å². The first kappa shape index (κ1) is 29.7. The molecule has 0 spiro atoms. The molecule has 4 nitrogen and oxygen atoms in total. The van der Waals surface area contributed by atoms with E-state index in [9.17, 15) is 9.59 Å². The van der Waals surface area contributed by atoms with Crippen molar-refractivity contribution >= 4 is 70.0 Å². The average Bonchev–Trinajstić information content (AvgIpc) is 2.84. The van der Waals surface area contributed by atoms with Crippen molar-refractivity contribution in [2.24, 2.45) is 0 Å². The van der Waals surface area contributed by atoms with Gasteiger partial charge in [0.25, 0.3) is 0 Å². The van der Waals surface area contributed by atoms with Crippen LogP contribution in [0.1, 0.15) is 30.5 Å². The molecule has 0 aliphatic heterocycles. The van der Waals surface area contributed by atoms with E-state index in [4.69, 9.17) is 46.4 Å². The topological polar surface area (TPSA) is 49.4 Å². The molecule has 0 aliphatic carbocycles. The molecule has 0 radical (unpaired) electrons. The summed E-state index contributed by atoms with van der Waals surface area (Å²) in [7, 11) is 0. The highest BCUT2D eigenvalue weighted by atomic mass is 35.5. The lowest BCUT2D eigenvalue weighted by Crippen LogP contribution is -2.52. The molecule has 0 bridgehead atoms. The minimum atomic E-state index is -0.727. The molecule has 0 aliphatic rings. The van der Waals surface area contributed by atoms with Crippen LogP contribution in [0, 0.1) is 0 Å². The lowest BCUT2D eigenvalue weighted by atomic mass is 10.0. The summed E-state index contributed by atoms with van der Waals surface area (Å²) in [6.45, 7) is 3.96. The normalized spacial score (nSPS) is 11.9. The standard InChI is InChI=1S/C28H28Cl4N2O2S/c1-18(2)33-28(36)26(13-19-6-4-3-5-7-19)34(15-21-9-10-22(29)14-24(21)31)27(35)17-37-16-20-8-11-23(30)25(32)12-20/h3-12,14,18,26H,13,15-17H2,1-2H3,(H,33,36)/t26-/m0/s1. The van der Waals surface area contributed by atoms with E-state index in [1.807, 2.05) is 50.2 Å². The van der Waals surface area contributed by atoms with Crippen LogP contribution in [0.25, 0.3) is 0 Å². The first-order valence-corrected chi connectivity index (χ1v) is 14.4. The molecule has 0 unspecified atom stereocenters. The number of rotatable bonds is 11. The summed E-state index contributed by atoms with van der Waals surface area (Å²) < 4.78 is 0. The molecule has 196 valence electrons. The Bertz CT molecular complexity index is 1220. The maximum Gasteiger partial charge on any atom is 0.243 e. The van der Waals surface area contributed by atoms with E-state index >= 15 is 0 Å². The molecular weight excluding hydrogens is 570 g/mol. The number of carbonyl (C=O) groups is 2. The first-order valence-electron chi connectivity index (χ1n) is 11.7. The van der Waals surface area contributed by atoms with Gasteiger partial charge in [0, 0.05) is 34.8 Å². The molecule has 3 rings (SSSR count). The highest BCUT2D eigenvalue weighted by molar-refractivity contribution is 7.99. The number of thioether (sulfide) groups is 1. The van der Waals surface area contributed by atoms with E-state index in [2.05, 4.69) is 5.32 Å². The van der Waals surface area contributed by atoms with Gasteiger partial charge in [-0.25, -0.2) is 0 Å². The van der Waals surface area contributed by atoms with Crippen molar-refractivity contribution in [1.82, 2.24) is 10.2 Å². The number of nitrogens with one attached hydrogen (secondary N) is 1. The molecule has 0 aromatic heterocycles. The van der Waals surface area contributed by atoms with Gasteiger partial charge >= 0.3 is 0 Å². The van der Waals surface area contributed by atoms with E-state index in [0.717, 1.165) is 11.1 Å². The van der Waals surface area contributed by atoms with Crippen LogP contribution in [0.3, 0.4) is 0 Å². The second kappa shape index (κ2) is 14.3. The fourth-order valence-corrected chi connectivity index (χ4v) is 5.38. The second-order valence-corrected chi connectivity index (χ2v) is 11.5. The Morgan fingerprint density at radius 3 is 2.24 bits per heavy atom. The summed E-state index contributed by atoms with van der Waals surface area (Å²) in [5.41, 5.74) is 2.62. The van der Waals surface area contributed by atoms with Crippen molar-refractivity contribution in [3.8, 4) is 0 Å². The highest BCUT2D eigenvalue weighted by Gasteiger charge is 2.31. The molecular formula is C28H28Cl4N2O2S. The Morgan fingerprint density at radius 2 is 1.59 bits per heavy atom. The Morgan fingerprint density at radius 1 is 0.865 bits per heavy atom. The number of benzene rings is 3. The summed E-state index contributed by atoms with van der Waals surface area (Å²) in [6.07, 6.45) is 0.369. The Balaban J connectivity index is 1.87. The van der Waals surface area contributed by atoms with E-state index < -0.39 is 6.04 Å². The molecule has 0 heterocycles. The molecule has 37 heavy (non-hydrogen) atoms. The molecule has 0 saturated carbocycles. The van der Waals surface area contributed by atoms with Crippen LogP contribution in [-0.2, 0) is 28.3 Å². The monoisotopic (exact) mass is 596 g/mol. The first-order chi connectivity index (χ1) is 17.6. The highest BCUT2D eigenvalue weighted by Crippen LogP contribution is 2.27. The van der Waals surface area contributed by atoms with Crippen molar-refractivity contribution in [2.75, 3.05) is 5.75 Å². The van der Waals surface area contributed by atoms with Gasteiger partial charge in [-0.2, -0.15) is 0 Å². The summed E-state index contributed by atoms with van der Waals surface area (Å²) >= 11 is 26.2. The van der Waals surface area contributed by atoms with Crippen LogP contribution in [-0.4, -0.2) is 34.6 Å². The van der Waals surface area contributed by atoms with Gasteiger partial charge < -0.3 is 10.2 Å². The quantitative estimate of drug-likeness (QED) is 0.246. The smallest absolute Gasteiger partial charge is 0.243 e. The van der Waals surface area contributed by atoms with Gasteiger partial charge in [-0.15, -0.1) is 11.8 Å². The maximum absolute atomic E-state index is 13.7. The van der Waals surface area contributed by atoms with Gasteiger partial charge in [-0.3, -0.25) is 9.59 Å². The number of hydrogen-bond acceptors (Lipinski definition) is 3. The third kappa shape index (κ3) is 9.12. The Kier molecular flexibility index (Phi) is 11.5. The SMILES string of the molecule is CC(C)NC(=O)[C@H](Cc1ccccc1)N(Cc1ccc(Cl)cc1Cl)C(=O)CSCc1ccc(Cl)c(Cl)c1. The summed E-state index contributed by atoms with van der Waals surface area (Å²) in [5.74, 6) is 0.355. The lowest BCUT2D eigenvalue weighted by Gasteiger charge is -2.32. The van der Waals surface area contributed by atoms with E-state index in [-0.39, 0.29) is 30.2 Å². The van der Waals surface area contributed by atoms with Crippen molar-refractivity contribution in [1.29, 1.82) is 0 Å². The molecule has 1 N–H and O–H groups in total. The zero-order chi connectivity index (χ0) is 26.9. The van der Waals surface area contributed by atoms with Crippen molar-refractivity contribution in [3.63, 3.8) is 0 Å². The molecule has 0 fully saturated rings. The number of halogens is 4. The fraction of sp³-hybridized carbons (Fsp3) is 0.286. The van der Waals surface area contributed by atoms with Crippen LogP contribution >= 0.6 is 58.2 Å². The van der Waals surface area contributed by atoms with Gasteiger partial charge in [0.2, 0.25) is 11.8 Å². The predicted molar refractivity (Wildman–Crippen MR) is 157 cm³/mol. The van der Waals surface area contributed by atoms with Crippen molar-refractivity contribution in [2.45, 2.75) is 44.6 Å². The van der Waals surface area contributed by atoms with Crippen LogP contribution < -0.4 is 5.32 Å². The Hall–Kier alpha value is -1.89. The molecule has 3 aromatic carbocycles. The van der Waals surface area contributed by atoms with Crippen LogP contribution in [0.15, 0.2) is 66.7 Å². The van der Waals surface area contributed by atoms with Crippen LogP contribution in [0.4, 0.5) is 0 Å². The summed E-state index contributed by atoms with van der Waals surface area (Å²) in [4.78, 5) is 28.7. The zero-order valence-corrected chi connectivity index (χ0v) is 24.4. The largest absolute Gasteiger partial charge is 0.352 e. The lowest BCUT2D eigenvalue weighted by molar-refractivity contribution is -0.139. The molecule has 3 aromatic rings. The average molecular weight is 598 g/mol. The number of nitrogens with zero attached hydrogens (tertiary/aromatic N) is 1. The summed E-state index contributed by atoms with van der Waals surface area (Å²) in [6, 6.07) is 19.4. The number of amides is 2. The van der Waals surface area contributed by atoms with Crippen molar-refractivity contribution < 1.29 is 9.59 Å². The second-order valence-electron chi connectivity index (χ2n) is 8.87. The number of carbonyl (C=O) groups excluding carboxylic acids is 2. The minimum absolute atomic E-state index is 0.0779. The van der Waals surface area contributed by atoms with Gasteiger partial charge in [0.05, 0.1) is 15.8 Å². The van der Waals surface area contributed by atoms with E-state index in [1.54, 1.807) is 35.2 Å². The van der Waals surface area contributed by atoms with E-state index in [0.29, 0.717) is 37.8 Å². The van der Waals surface area contributed by atoms with Gasteiger partial charge in [-0.1, -0.05) is 88.9 Å². The minimum Gasteiger partial charge on any atom is -0.352 e. The summed E-state index contributed by atoms with van der Waals surface area (Å²) in [5, 5.41) is 4.88. The van der Waals surface area contributed by atoms with Gasteiger partial charge in [0.15, 0.2) is 0 Å². The zero-order valence-electron chi connectivity index (χ0n) is 20.5. The molecule has 1 atom stereocenters. The van der Waals surface area contributed by atoms with Gasteiger partial charge in [0.1, 0.15) is 6.04 Å². The fourth-order valence-electron chi connectivity index (χ4n) is 3.74.